The summed E-state index contributed by atoms with van der Waals surface area (Å²) in [6.07, 6.45) is 0. The van der Waals surface area contributed by atoms with Gasteiger partial charge < -0.3 is 11.1 Å². The Kier molecular flexibility index (Phi) is 6.64. The summed E-state index contributed by atoms with van der Waals surface area (Å²) in [4.78, 5) is 16.1. The fraction of sp³-hybridized carbons (Fsp3) is 0.286. The first-order chi connectivity index (χ1) is 9.20. The fourth-order valence-electron chi connectivity index (χ4n) is 1.56. The Bertz CT molecular complexity index is 544. The highest BCUT2D eigenvalue weighted by Gasteiger charge is 2.11. The van der Waals surface area contributed by atoms with E-state index in [0.717, 1.165) is 16.3 Å². The van der Waals surface area contributed by atoms with Crippen LogP contribution in [0.1, 0.15) is 12.6 Å². The van der Waals surface area contributed by atoms with Gasteiger partial charge in [0.25, 0.3) is 0 Å². The molecule has 1 unspecified atom stereocenters. The van der Waals surface area contributed by atoms with E-state index in [4.69, 9.17) is 5.73 Å². The number of thiazole rings is 1. The van der Waals surface area contributed by atoms with Crippen molar-refractivity contribution in [2.45, 2.75) is 13.5 Å². The van der Waals surface area contributed by atoms with Crippen LogP contribution in [0, 0.1) is 5.92 Å². The van der Waals surface area contributed by atoms with Crippen LogP contribution in [-0.4, -0.2) is 17.4 Å². The summed E-state index contributed by atoms with van der Waals surface area (Å²) in [5.41, 5.74) is 7.42. The summed E-state index contributed by atoms with van der Waals surface area (Å²) in [6, 6.07) is 10.0. The zero-order valence-corrected chi connectivity index (χ0v) is 12.8. The molecule has 108 valence electrons. The lowest BCUT2D eigenvalue weighted by molar-refractivity contribution is -0.124. The van der Waals surface area contributed by atoms with Crippen LogP contribution in [0.5, 0.6) is 0 Å². The van der Waals surface area contributed by atoms with Crippen molar-refractivity contribution in [2.24, 2.45) is 11.7 Å². The highest BCUT2D eigenvalue weighted by Crippen LogP contribution is 2.23. The molecule has 0 aliphatic rings. The molecule has 20 heavy (non-hydrogen) atoms. The van der Waals surface area contributed by atoms with E-state index in [1.54, 1.807) is 11.3 Å². The van der Waals surface area contributed by atoms with Gasteiger partial charge in [-0.15, -0.1) is 23.7 Å². The number of carbonyl (C=O) groups excluding carboxylic acids is 1. The minimum atomic E-state index is -0.160. The number of nitrogens with two attached hydrogens (primary N) is 1. The molecular weight excluding hydrogens is 294 g/mol. The van der Waals surface area contributed by atoms with Gasteiger partial charge in [-0.2, -0.15) is 0 Å². The largest absolute Gasteiger partial charge is 0.350 e. The van der Waals surface area contributed by atoms with Gasteiger partial charge in [0, 0.05) is 23.4 Å². The number of benzene rings is 1. The molecule has 2 aromatic rings. The molecule has 0 saturated carbocycles. The lowest BCUT2D eigenvalue weighted by Gasteiger charge is -2.08. The molecular formula is C14H18ClN3OS. The average Bonchev–Trinajstić information content (AvgIpc) is 2.93. The normalized spacial score (nSPS) is 11.5. The van der Waals surface area contributed by atoms with Gasteiger partial charge in [0.15, 0.2) is 0 Å². The first-order valence-electron chi connectivity index (χ1n) is 6.18. The summed E-state index contributed by atoms with van der Waals surface area (Å²) in [7, 11) is 0. The number of halogens is 1. The predicted octanol–water partition coefficient (Wildman–Crippen LogP) is 2.44. The Morgan fingerprint density at radius 3 is 2.75 bits per heavy atom. The van der Waals surface area contributed by atoms with Gasteiger partial charge in [-0.25, -0.2) is 4.98 Å². The van der Waals surface area contributed by atoms with Crippen LogP contribution in [0.15, 0.2) is 35.7 Å². The number of aromatic nitrogens is 1. The topological polar surface area (TPSA) is 68.0 Å². The summed E-state index contributed by atoms with van der Waals surface area (Å²) in [5, 5.41) is 5.78. The highest BCUT2D eigenvalue weighted by atomic mass is 35.5. The fourth-order valence-corrected chi connectivity index (χ4v) is 2.39. The molecule has 0 spiro atoms. The van der Waals surface area contributed by atoms with E-state index in [0.29, 0.717) is 13.1 Å². The molecule has 1 amide bonds. The summed E-state index contributed by atoms with van der Waals surface area (Å²) < 4.78 is 0. The minimum Gasteiger partial charge on any atom is -0.350 e. The second kappa shape index (κ2) is 7.99. The molecule has 2 rings (SSSR count). The monoisotopic (exact) mass is 311 g/mol. The van der Waals surface area contributed by atoms with E-state index in [9.17, 15) is 4.79 Å². The molecule has 1 aromatic heterocycles. The van der Waals surface area contributed by atoms with Crippen LogP contribution in [0.2, 0.25) is 0 Å². The van der Waals surface area contributed by atoms with Crippen LogP contribution in [0.4, 0.5) is 0 Å². The molecule has 0 fully saturated rings. The van der Waals surface area contributed by atoms with Crippen molar-refractivity contribution in [3.8, 4) is 10.6 Å². The standard InChI is InChI=1S/C14H17N3OS.ClH/c1-10(7-15)13(18)16-8-12-9-19-14(17-12)11-5-3-2-4-6-11;/h2-6,9-10H,7-8,15H2,1H3,(H,16,18);1H. The van der Waals surface area contributed by atoms with Gasteiger partial charge in [-0.1, -0.05) is 37.3 Å². The number of carbonyl (C=O) groups is 1. The molecule has 1 aromatic carbocycles. The zero-order valence-electron chi connectivity index (χ0n) is 11.2. The molecule has 3 N–H and O–H groups in total. The van der Waals surface area contributed by atoms with Crippen molar-refractivity contribution < 1.29 is 4.79 Å². The summed E-state index contributed by atoms with van der Waals surface area (Å²) in [5.74, 6) is -0.191. The second-order valence-corrected chi connectivity index (χ2v) is 5.22. The highest BCUT2D eigenvalue weighted by molar-refractivity contribution is 7.13. The quantitative estimate of drug-likeness (QED) is 0.891. The van der Waals surface area contributed by atoms with E-state index in [2.05, 4.69) is 10.3 Å². The average molecular weight is 312 g/mol. The molecule has 0 bridgehead atoms. The number of nitrogens with one attached hydrogen (secondary N) is 1. The maximum absolute atomic E-state index is 11.6. The van der Waals surface area contributed by atoms with E-state index in [-0.39, 0.29) is 24.2 Å². The Balaban J connectivity index is 0.00000200. The number of hydrogen-bond donors (Lipinski definition) is 2. The number of hydrogen-bond acceptors (Lipinski definition) is 4. The van der Waals surface area contributed by atoms with Crippen molar-refractivity contribution >= 4 is 29.7 Å². The molecule has 0 aliphatic heterocycles. The van der Waals surface area contributed by atoms with E-state index in [1.807, 2.05) is 42.6 Å². The van der Waals surface area contributed by atoms with E-state index < -0.39 is 0 Å². The molecule has 6 heteroatoms. The van der Waals surface area contributed by atoms with Crippen LogP contribution >= 0.6 is 23.7 Å². The molecule has 0 aliphatic carbocycles. The summed E-state index contributed by atoms with van der Waals surface area (Å²) >= 11 is 1.58. The zero-order chi connectivity index (χ0) is 13.7. The summed E-state index contributed by atoms with van der Waals surface area (Å²) in [6.45, 7) is 2.62. The molecule has 4 nitrogen and oxygen atoms in total. The maximum Gasteiger partial charge on any atom is 0.224 e. The van der Waals surface area contributed by atoms with Crippen molar-refractivity contribution in [1.82, 2.24) is 10.3 Å². The molecule has 1 heterocycles. The van der Waals surface area contributed by atoms with Crippen LogP contribution in [0.25, 0.3) is 10.6 Å². The van der Waals surface area contributed by atoms with Crippen LogP contribution in [-0.2, 0) is 11.3 Å². The smallest absolute Gasteiger partial charge is 0.224 e. The second-order valence-electron chi connectivity index (χ2n) is 4.36. The lowest BCUT2D eigenvalue weighted by Crippen LogP contribution is -2.32. The van der Waals surface area contributed by atoms with Crippen LogP contribution in [0.3, 0.4) is 0 Å². The van der Waals surface area contributed by atoms with Crippen molar-refractivity contribution in [3.63, 3.8) is 0 Å². The number of nitrogens with zero attached hydrogens (tertiary/aromatic N) is 1. The van der Waals surface area contributed by atoms with Gasteiger partial charge in [-0.05, 0) is 0 Å². The molecule has 0 radical (unpaired) electrons. The maximum atomic E-state index is 11.6. The number of amides is 1. The third-order valence-corrected chi connectivity index (χ3v) is 3.76. The van der Waals surface area contributed by atoms with Gasteiger partial charge in [0.2, 0.25) is 5.91 Å². The van der Waals surface area contributed by atoms with Gasteiger partial charge >= 0.3 is 0 Å². The Morgan fingerprint density at radius 2 is 2.10 bits per heavy atom. The predicted molar refractivity (Wildman–Crippen MR) is 84.9 cm³/mol. The van der Waals surface area contributed by atoms with Gasteiger partial charge in [-0.3, -0.25) is 4.79 Å². The SMILES string of the molecule is CC(CN)C(=O)NCc1csc(-c2ccccc2)n1.Cl. The number of rotatable bonds is 5. The molecule has 1 atom stereocenters. The first-order valence-corrected chi connectivity index (χ1v) is 7.06. The van der Waals surface area contributed by atoms with Crippen molar-refractivity contribution in [2.75, 3.05) is 6.54 Å². The Labute approximate surface area is 128 Å². The van der Waals surface area contributed by atoms with Gasteiger partial charge in [0.1, 0.15) is 5.01 Å². The van der Waals surface area contributed by atoms with Crippen molar-refractivity contribution in [1.29, 1.82) is 0 Å². The third kappa shape index (κ3) is 4.30. The Morgan fingerprint density at radius 1 is 1.40 bits per heavy atom. The van der Waals surface area contributed by atoms with E-state index >= 15 is 0 Å². The Hall–Kier alpha value is -1.43. The van der Waals surface area contributed by atoms with Crippen LogP contribution < -0.4 is 11.1 Å². The lowest BCUT2D eigenvalue weighted by atomic mass is 10.2. The van der Waals surface area contributed by atoms with Gasteiger partial charge in [0.05, 0.1) is 12.2 Å². The minimum absolute atomic E-state index is 0. The molecule has 0 saturated heterocycles. The van der Waals surface area contributed by atoms with E-state index in [1.165, 1.54) is 0 Å². The first kappa shape index (κ1) is 16.6. The third-order valence-electron chi connectivity index (χ3n) is 2.82. The van der Waals surface area contributed by atoms with Crippen molar-refractivity contribution in [3.05, 3.63) is 41.4 Å².